The lowest BCUT2D eigenvalue weighted by Crippen LogP contribution is -2.27. The molecular weight excluding hydrogens is 338 g/mol. The van der Waals surface area contributed by atoms with Gasteiger partial charge >= 0.3 is 0 Å². The van der Waals surface area contributed by atoms with Crippen LogP contribution in [0.5, 0.6) is 0 Å². The van der Waals surface area contributed by atoms with Gasteiger partial charge in [-0.25, -0.2) is 4.98 Å². The van der Waals surface area contributed by atoms with Crippen LogP contribution in [0.25, 0.3) is 16.3 Å². The first-order valence-corrected chi connectivity index (χ1v) is 9.20. The number of rotatable bonds is 3. The number of anilines is 1. The molecule has 4 bridgehead atoms. The highest BCUT2D eigenvalue weighted by molar-refractivity contribution is 7.13. The first kappa shape index (κ1) is 13.7. The number of nitrogens with one attached hydrogen (secondary N) is 1. The Hall–Kier alpha value is -2.61. The van der Waals surface area contributed by atoms with Crippen LogP contribution in [0.15, 0.2) is 29.8 Å². The van der Waals surface area contributed by atoms with Gasteiger partial charge in [-0.1, -0.05) is 6.07 Å². The first-order chi connectivity index (χ1) is 12.2. The molecule has 3 aromatic rings. The van der Waals surface area contributed by atoms with Gasteiger partial charge in [0.05, 0.1) is 16.5 Å². The normalized spacial score (nSPS) is 31.7. The van der Waals surface area contributed by atoms with Crippen molar-refractivity contribution in [3.8, 4) is 10.6 Å². The number of aromatic nitrogens is 4. The number of carbonyl (C=O) groups excluding carboxylic acids is 2. The van der Waals surface area contributed by atoms with Crippen LogP contribution < -0.4 is 5.32 Å². The van der Waals surface area contributed by atoms with Crippen molar-refractivity contribution in [2.75, 3.05) is 5.32 Å². The summed E-state index contributed by atoms with van der Waals surface area (Å²) in [7, 11) is 0. The molecule has 4 aliphatic rings. The van der Waals surface area contributed by atoms with E-state index >= 15 is 0 Å². The summed E-state index contributed by atoms with van der Waals surface area (Å²) in [5, 5.41) is 9.22. The smallest absolute Gasteiger partial charge is 0.254 e. The van der Waals surface area contributed by atoms with E-state index in [1.165, 1.54) is 0 Å². The number of carbonyl (C=O) groups is 2. The number of thiophene rings is 1. The van der Waals surface area contributed by atoms with E-state index in [4.69, 9.17) is 0 Å². The lowest BCUT2D eigenvalue weighted by atomic mass is 9.97. The summed E-state index contributed by atoms with van der Waals surface area (Å²) in [5.41, 5.74) is 0.883. The molecule has 7 rings (SSSR count). The molecule has 4 saturated carbocycles. The molecule has 4 fully saturated rings. The van der Waals surface area contributed by atoms with Gasteiger partial charge in [0.15, 0.2) is 0 Å². The zero-order chi connectivity index (χ0) is 16.7. The second-order valence-corrected chi connectivity index (χ2v) is 7.93. The molecule has 8 heteroatoms. The highest BCUT2D eigenvalue weighted by Gasteiger charge is 2.75. The molecular formula is C17H13N5O2S. The molecule has 1 amide bonds. The maximum atomic E-state index is 12.7. The molecule has 124 valence electrons. The van der Waals surface area contributed by atoms with Gasteiger partial charge in [0, 0.05) is 18.0 Å². The summed E-state index contributed by atoms with van der Waals surface area (Å²) in [4.78, 5) is 34.3. The summed E-state index contributed by atoms with van der Waals surface area (Å²) < 4.78 is 1.64. The Morgan fingerprint density at radius 3 is 2.96 bits per heavy atom. The van der Waals surface area contributed by atoms with E-state index in [2.05, 4.69) is 20.4 Å². The molecule has 0 radical (unpaired) electrons. The molecule has 3 heterocycles. The van der Waals surface area contributed by atoms with Gasteiger partial charge in [-0.3, -0.25) is 14.9 Å². The Morgan fingerprint density at radius 2 is 2.28 bits per heavy atom. The van der Waals surface area contributed by atoms with Crippen molar-refractivity contribution < 1.29 is 9.59 Å². The van der Waals surface area contributed by atoms with Crippen LogP contribution in [0.3, 0.4) is 0 Å². The average molecular weight is 351 g/mol. The fraction of sp³-hybridized carbons (Fsp3) is 0.353. The van der Waals surface area contributed by atoms with Gasteiger partial charge < -0.3 is 0 Å². The van der Waals surface area contributed by atoms with Crippen molar-refractivity contribution in [1.82, 2.24) is 19.6 Å². The molecule has 25 heavy (non-hydrogen) atoms. The minimum absolute atomic E-state index is 0.0863. The lowest BCUT2D eigenvalue weighted by Gasteiger charge is -2.11. The van der Waals surface area contributed by atoms with Crippen LogP contribution in [-0.2, 0) is 9.59 Å². The number of Topliss-reactive ketones (excluding diaryl/α,β-unsaturated/α-hetero) is 1. The Bertz CT molecular complexity index is 1040. The number of hydrogen-bond donors (Lipinski definition) is 1. The second kappa shape index (κ2) is 4.51. The SMILES string of the molecule is O=C(Nc1nc2nccc(-c3cccs3)n2n1)C1C2CC3C(C2=O)C31. The summed E-state index contributed by atoms with van der Waals surface area (Å²) in [5.74, 6) is 1.44. The number of fused-ring (bicyclic) bond motifs is 1. The van der Waals surface area contributed by atoms with Crippen molar-refractivity contribution in [2.45, 2.75) is 6.42 Å². The van der Waals surface area contributed by atoms with Crippen molar-refractivity contribution in [2.24, 2.45) is 29.6 Å². The van der Waals surface area contributed by atoms with E-state index in [0.717, 1.165) is 17.0 Å². The maximum Gasteiger partial charge on any atom is 0.254 e. The fourth-order valence-electron chi connectivity index (χ4n) is 4.85. The van der Waals surface area contributed by atoms with Crippen LogP contribution >= 0.6 is 11.3 Å². The van der Waals surface area contributed by atoms with Crippen molar-refractivity contribution in [3.63, 3.8) is 0 Å². The molecule has 7 nitrogen and oxygen atoms in total. The molecule has 3 aromatic heterocycles. The predicted octanol–water partition coefficient (Wildman–Crippen LogP) is 1.87. The van der Waals surface area contributed by atoms with Crippen LogP contribution in [0.4, 0.5) is 5.95 Å². The predicted molar refractivity (Wildman–Crippen MR) is 89.8 cm³/mol. The van der Waals surface area contributed by atoms with E-state index in [9.17, 15) is 9.59 Å². The summed E-state index contributed by atoms with van der Waals surface area (Å²) in [6.07, 6.45) is 2.57. The van der Waals surface area contributed by atoms with E-state index in [0.29, 0.717) is 17.5 Å². The first-order valence-electron chi connectivity index (χ1n) is 8.32. The molecule has 0 aliphatic heterocycles. The molecule has 5 unspecified atom stereocenters. The third-order valence-electron chi connectivity index (χ3n) is 5.85. The van der Waals surface area contributed by atoms with Crippen molar-refractivity contribution in [1.29, 1.82) is 0 Å². The van der Waals surface area contributed by atoms with Gasteiger partial charge in [0.25, 0.3) is 11.7 Å². The van der Waals surface area contributed by atoms with Crippen molar-refractivity contribution in [3.05, 3.63) is 29.8 Å². The molecule has 0 saturated heterocycles. The third-order valence-corrected chi connectivity index (χ3v) is 6.74. The largest absolute Gasteiger partial charge is 0.299 e. The number of hydrogen-bond acceptors (Lipinski definition) is 6. The Morgan fingerprint density at radius 1 is 1.36 bits per heavy atom. The van der Waals surface area contributed by atoms with Crippen molar-refractivity contribution >= 4 is 34.8 Å². The van der Waals surface area contributed by atoms with E-state index in [1.54, 1.807) is 22.0 Å². The summed E-state index contributed by atoms with van der Waals surface area (Å²) in [6, 6.07) is 5.85. The summed E-state index contributed by atoms with van der Waals surface area (Å²) in [6.45, 7) is 0. The highest BCUT2D eigenvalue weighted by atomic mass is 32.1. The van der Waals surface area contributed by atoms with E-state index < -0.39 is 0 Å². The zero-order valence-electron chi connectivity index (χ0n) is 13.0. The van der Waals surface area contributed by atoms with Crippen LogP contribution in [0.1, 0.15) is 6.42 Å². The summed E-state index contributed by atoms with van der Waals surface area (Å²) >= 11 is 1.61. The Labute approximate surface area is 146 Å². The van der Waals surface area contributed by atoms with Crippen LogP contribution in [0.2, 0.25) is 0 Å². The van der Waals surface area contributed by atoms with Crippen LogP contribution in [-0.4, -0.2) is 31.3 Å². The molecule has 4 aliphatic carbocycles. The van der Waals surface area contributed by atoms with E-state index in [1.807, 2.05) is 23.6 Å². The van der Waals surface area contributed by atoms with Gasteiger partial charge in [0.1, 0.15) is 5.78 Å². The topological polar surface area (TPSA) is 89.2 Å². The Balaban J connectivity index is 1.33. The number of nitrogens with zero attached hydrogens (tertiary/aromatic N) is 4. The third kappa shape index (κ3) is 1.72. The second-order valence-electron chi connectivity index (χ2n) is 6.98. The zero-order valence-corrected chi connectivity index (χ0v) is 13.8. The quantitative estimate of drug-likeness (QED) is 0.778. The minimum atomic E-state index is -0.196. The monoisotopic (exact) mass is 351 g/mol. The van der Waals surface area contributed by atoms with Gasteiger partial charge in [0.2, 0.25) is 5.91 Å². The molecule has 0 spiro atoms. The highest BCUT2D eigenvalue weighted by Crippen LogP contribution is 2.71. The van der Waals surface area contributed by atoms with Crippen LogP contribution in [0, 0.1) is 29.6 Å². The fourth-order valence-corrected chi connectivity index (χ4v) is 5.59. The maximum absolute atomic E-state index is 12.7. The lowest BCUT2D eigenvalue weighted by molar-refractivity contribution is -0.126. The average Bonchev–Trinajstić information content (AvgIpc) is 3.17. The molecule has 1 N–H and O–H groups in total. The minimum Gasteiger partial charge on any atom is -0.299 e. The number of amides is 1. The van der Waals surface area contributed by atoms with Gasteiger partial charge in [-0.15, -0.1) is 16.4 Å². The molecule has 0 aromatic carbocycles. The van der Waals surface area contributed by atoms with Gasteiger partial charge in [-0.2, -0.15) is 9.50 Å². The van der Waals surface area contributed by atoms with E-state index in [-0.39, 0.29) is 35.5 Å². The Kier molecular flexibility index (Phi) is 2.47. The number of ketones is 1. The standard InChI is InChI=1S/C17H13N5O2S/c23-14-8-6-7-11(12(7)14)13(8)15(24)19-16-20-17-18-4-3-9(22(17)21-16)10-2-1-5-25-10/h1-5,7-8,11-13H,6H2,(H,19,21,24). The van der Waals surface area contributed by atoms with Gasteiger partial charge in [-0.05, 0) is 35.8 Å². The molecule has 5 atom stereocenters.